The van der Waals surface area contributed by atoms with Crippen molar-refractivity contribution in [3.05, 3.63) is 39.5 Å². The lowest BCUT2D eigenvalue weighted by atomic mass is 10.2. The monoisotopic (exact) mass is 329 g/mol. The highest BCUT2D eigenvalue weighted by Gasteiger charge is 2.14. The van der Waals surface area contributed by atoms with E-state index in [-0.39, 0.29) is 11.5 Å². The van der Waals surface area contributed by atoms with Crippen LogP contribution in [0, 0.1) is 0 Å². The fraction of sp³-hybridized carbons (Fsp3) is 0.250. The van der Waals surface area contributed by atoms with Crippen LogP contribution in [0.15, 0.2) is 22.8 Å². The molecule has 21 heavy (non-hydrogen) atoms. The van der Waals surface area contributed by atoms with E-state index < -0.39 is 5.91 Å². The molecule has 0 aliphatic rings. The van der Waals surface area contributed by atoms with E-state index in [1.807, 2.05) is 6.07 Å². The molecule has 1 aromatic heterocycles. The predicted octanol–water partition coefficient (Wildman–Crippen LogP) is 1.48. The molecular weight excluding hydrogens is 317 g/mol. The number of nitrogens with two attached hydrogens (primary N) is 1. The molecule has 0 bridgehead atoms. The first-order valence-electron chi connectivity index (χ1n) is 6.09. The lowest BCUT2D eigenvalue weighted by molar-refractivity contribution is 0.0944. The first-order valence-corrected chi connectivity index (χ1v) is 6.84. The third kappa shape index (κ3) is 4.32. The molecule has 0 aliphatic carbocycles. The SMILES string of the molecule is Nc1nonc1C(=O)NCCNCc1ccc(Cl)cc1Cl. The molecule has 112 valence electrons. The van der Waals surface area contributed by atoms with Gasteiger partial charge in [-0.15, -0.1) is 0 Å². The standard InChI is InChI=1S/C12H13Cl2N5O2/c13-8-2-1-7(9(14)5-8)6-16-3-4-17-12(20)10-11(15)19-21-18-10/h1-2,5,16H,3-4,6H2,(H2,15,19)(H,17,20). The lowest BCUT2D eigenvalue weighted by Gasteiger charge is -2.07. The molecule has 2 rings (SSSR count). The Kier molecular flexibility index (Phi) is 5.38. The summed E-state index contributed by atoms with van der Waals surface area (Å²) in [7, 11) is 0. The zero-order valence-corrected chi connectivity index (χ0v) is 12.4. The Balaban J connectivity index is 1.71. The van der Waals surface area contributed by atoms with Gasteiger partial charge in [-0.05, 0) is 28.0 Å². The predicted molar refractivity (Wildman–Crippen MR) is 79.2 cm³/mol. The molecule has 1 amide bonds. The molecule has 0 spiro atoms. The second-order valence-corrected chi connectivity index (χ2v) is 5.01. The molecule has 2 aromatic rings. The quantitative estimate of drug-likeness (QED) is 0.693. The van der Waals surface area contributed by atoms with Gasteiger partial charge >= 0.3 is 0 Å². The zero-order valence-electron chi connectivity index (χ0n) is 10.9. The number of aromatic nitrogens is 2. The van der Waals surface area contributed by atoms with Gasteiger partial charge in [-0.2, -0.15) is 0 Å². The van der Waals surface area contributed by atoms with E-state index in [0.29, 0.717) is 29.7 Å². The number of nitrogens with zero attached hydrogens (tertiary/aromatic N) is 2. The maximum absolute atomic E-state index is 11.6. The molecule has 0 unspecified atom stereocenters. The largest absolute Gasteiger partial charge is 0.379 e. The third-order valence-corrected chi connectivity index (χ3v) is 3.23. The van der Waals surface area contributed by atoms with E-state index >= 15 is 0 Å². The van der Waals surface area contributed by atoms with Crippen LogP contribution < -0.4 is 16.4 Å². The van der Waals surface area contributed by atoms with E-state index in [2.05, 4.69) is 25.6 Å². The van der Waals surface area contributed by atoms with Gasteiger partial charge in [0.15, 0.2) is 0 Å². The van der Waals surface area contributed by atoms with Crippen LogP contribution in [-0.4, -0.2) is 29.3 Å². The van der Waals surface area contributed by atoms with Crippen molar-refractivity contribution in [3.8, 4) is 0 Å². The molecular formula is C12H13Cl2N5O2. The van der Waals surface area contributed by atoms with E-state index in [9.17, 15) is 4.79 Å². The summed E-state index contributed by atoms with van der Waals surface area (Å²) >= 11 is 11.9. The van der Waals surface area contributed by atoms with Crippen molar-refractivity contribution in [2.24, 2.45) is 0 Å². The molecule has 7 nitrogen and oxygen atoms in total. The number of halogens is 2. The van der Waals surface area contributed by atoms with Crippen LogP contribution in [0.1, 0.15) is 16.1 Å². The van der Waals surface area contributed by atoms with Gasteiger partial charge in [-0.3, -0.25) is 4.79 Å². The fourth-order valence-corrected chi connectivity index (χ4v) is 2.06. The van der Waals surface area contributed by atoms with Crippen molar-refractivity contribution in [3.63, 3.8) is 0 Å². The van der Waals surface area contributed by atoms with Crippen molar-refractivity contribution < 1.29 is 9.42 Å². The second-order valence-electron chi connectivity index (χ2n) is 4.17. The smallest absolute Gasteiger partial charge is 0.277 e. The summed E-state index contributed by atoms with van der Waals surface area (Å²) in [6, 6.07) is 5.30. The summed E-state index contributed by atoms with van der Waals surface area (Å²) in [5, 5.41) is 13.7. The van der Waals surface area contributed by atoms with Crippen molar-refractivity contribution >= 4 is 34.9 Å². The summed E-state index contributed by atoms with van der Waals surface area (Å²) in [5.74, 6) is -0.464. The van der Waals surface area contributed by atoms with Crippen LogP contribution in [0.25, 0.3) is 0 Å². The molecule has 0 saturated carbocycles. The normalized spacial score (nSPS) is 10.6. The number of carbonyl (C=O) groups is 1. The molecule has 0 saturated heterocycles. The molecule has 0 radical (unpaired) electrons. The van der Waals surface area contributed by atoms with Gasteiger partial charge in [0.05, 0.1) is 0 Å². The van der Waals surface area contributed by atoms with E-state index in [1.165, 1.54) is 0 Å². The van der Waals surface area contributed by atoms with E-state index in [4.69, 9.17) is 28.9 Å². The number of carbonyl (C=O) groups excluding carboxylic acids is 1. The summed E-state index contributed by atoms with van der Waals surface area (Å²) in [5.41, 5.74) is 6.32. The summed E-state index contributed by atoms with van der Waals surface area (Å²) in [4.78, 5) is 11.6. The van der Waals surface area contributed by atoms with Gasteiger partial charge in [-0.1, -0.05) is 29.3 Å². The molecule has 0 atom stereocenters. The van der Waals surface area contributed by atoms with Crippen LogP contribution in [0.3, 0.4) is 0 Å². The third-order valence-electron chi connectivity index (χ3n) is 2.65. The Morgan fingerprint density at radius 2 is 2.10 bits per heavy atom. The summed E-state index contributed by atoms with van der Waals surface area (Å²) < 4.78 is 4.35. The number of benzene rings is 1. The molecule has 0 fully saturated rings. The van der Waals surface area contributed by atoms with Crippen molar-refractivity contribution in [1.29, 1.82) is 0 Å². The summed E-state index contributed by atoms with van der Waals surface area (Å²) in [6.45, 7) is 1.52. The van der Waals surface area contributed by atoms with Gasteiger partial charge in [0.2, 0.25) is 11.5 Å². The Hall–Kier alpha value is -1.83. The zero-order chi connectivity index (χ0) is 15.2. The van der Waals surface area contributed by atoms with Gasteiger partial charge < -0.3 is 16.4 Å². The van der Waals surface area contributed by atoms with Crippen LogP contribution in [0.2, 0.25) is 10.0 Å². The van der Waals surface area contributed by atoms with Gasteiger partial charge in [0, 0.05) is 29.7 Å². The molecule has 4 N–H and O–H groups in total. The minimum atomic E-state index is -0.430. The first kappa shape index (κ1) is 15.6. The highest BCUT2D eigenvalue weighted by atomic mass is 35.5. The fourth-order valence-electron chi connectivity index (χ4n) is 1.59. The molecule has 0 aliphatic heterocycles. The molecule has 9 heteroatoms. The number of anilines is 1. The Bertz CT molecular complexity index is 632. The van der Waals surface area contributed by atoms with Crippen LogP contribution >= 0.6 is 23.2 Å². The maximum atomic E-state index is 11.6. The topological polar surface area (TPSA) is 106 Å². The number of hydrogen-bond donors (Lipinski definition) is 3. The highest BCUT2D eigenvalue weighted by molar-refractivity contribution is 6.35. The van der Waals surface area contributed by atoms with Crippen LogP contribution in [0.5, 0.6) is 0 Å². The Morgan fingerprint density at radius 1 is 1.29 bits per heavy atom. The van der Waals surface area contributed by atoms with Crippen molar-refractivity contribution in [2.45, 2.75) is 6.54 Å². The Morgan fingerprint density at radius 3 is 2.76 bits per heavy atom. The van der Waals surface area contributed by atoms with Crippen LogP contribution in [0.4, 0.5) is 5.82 Å². The number of amides is 1. The molecule has 1 heterocycles. The second kappa shape index (κ2) is 7.26. The van der Waals surface area contributed by atoms with Crippen LogP contribution in [-0.2, 0) is 6.54 Å². The lowest BCUT2D eigenvalue weighted by Crippen LogP contribution is -2.32. The van der Waals surface area contributed by atoms with Crippen molar-refractivity contribution in [1.82, 2.24) is 20.9 Å². The number of nitrogens with one attached hydrogen (secondary N) is 2. The Labute approximate surface area is 130 Å². The minimum absolute atomic E-state index is 0.0178. The maximum Gasteiger partial charge on any atom is 0.277 e. The van der Waals surface area contributed by atoms with E-state index in [1.54, 1.807) is 12.1 Å². The van der Waals surface area contributed by atoms with Crippen molar-refractivity contribution in [2.75, 3.05) is 18.8 Å². The van der Waals surface area contributed by atoms with E-state index in [0.717, 1.165) is 5.56 Å². The van der Waals surface area contributed by atoms with Gasteiger partial charge in [-0.25, -0.2) is 4.63 Å². The van der Waals surface area contributed by atoms with Gasteiger partial charge in [0.25, 0.3) is 5.91 Å². The minimum Gasteiger partial charge on any atom is -0.379 e. The highest BCUT2D eigenvalue weighted by Crippen LogP contribution is 2.20. The molecule has 1 aromatic carbocycles. The number of nitrogen functional groups attached to an aromatic ring is 1. The average Bonchev–Trinajstić information content (AvgIpc) is 2.86. The number of rotatable bonds is 6. The van der Waals surface area contributed by atoms with Gasteiger partial charge in [0.1, 0.15) is 0 Å². The average molecular weight is 330 g/mol. The first-order chi connectivity index (χ1) is 10.1. The number of hydrogen-bond acceptors (Lipinski definition) is 6. The summed E-state index contributed by atoms with van der Waals surface area (Å²) in [6.07, 6.45) is 0.